The molecule has 3 aromatic rings. The van der Waals surface area contributed by atoms with Crippen LogP contribution in [0.4, 0.5) is 5.00 Å². The van der Waals surface area contributed by atoms with E-state index in [1.165, 1.54) is 11.8 Å². The zero-order valence-electron chi connectivity index (χ0n) is 22.3. The maximum Gasteiger partial charge on any atom is 0.348 e. The van der Waals surface area contributed by atoms with E-state index in [-0.39, 0.29) is 46.4 Å². The van der Waals surface area contributed by atoms with Crippen molar-refractivity contribution < 1.29 is 28.6 Å². The number of carbonyl (C=O) groups excluding carboxylic acids is 3. The fourth-order valence-electron chi connectivity index (χ4n) is 3.67. The van der Waals surface area contributed by atoms with Gasteiger partial charge in [0, 0.05) is 6.54 Å². The van der Waals surface area contributed by atoms with Gasteiger partial charge in [0.1, 0.15) is 15.6 Å². The van der Waals surface area contributed by atoms with Gasteiger partial charge in [-0.2, -0.15) is 0 Å². The molecule has 0 aliphatic carbocycles. The van der Waals surface area contributed by atoms with Crippen LogP contribution in [0.15, 0.2) is 29.4 Å². The normalized spacial score (nSPS) is 11.6. The first-order chi connectivity index (χ1) is 18.2. The van der Waals surface area contributed by atoms with Gasteiger partial charge in [0.15, 0.2) is 17.1 Å². The van der Waals surface area contributed by atoms with Crippen molar-refractivity contribution >= 4 is 45.9 Å². The van der Waals surface area contributed by atoms with Crippen LogP contribution >= 0.6 is 23.1 Å². The average Bonchev–Trinajstić information content (AvgIpc) is 3.44. The zero-order valence-corrected chi connectivity index (χ0v) is 24.0. The topological polar surface area (TPSA) is 122 Å². The molecule has 0 saturated heterocycles. The summed E-state index contributed by atoms with van der Waals surface area (Å²) in [5, 5.41) is 12.1. The van der Waals surface area contributed by atoms with Crippen LogP contribution in [-0.4, -0.2) is 51.6 Å². The van der Waals surface area contributed by atoms with Crippen molar-refractivity contribution in [2.75, 3.05) is 24.3 Å². The predicted molar refractivity (Wildman–Crippen MR) is 146 cm³/mol. The van der Waals surface area contributed by atoms with Crippen LogP contribution in [0.3, 0.4) is 0 Å². The summed E-state index contributed by atoms with van der Waals surface area (Å²) >= 11 is 2.20. The third kappa shape index (κ3) is 6.73. The van der Waals surface area contributed by atoms with Gasteiger partial charge >= 0.3 is 11.9 Å². The number of carbonyl (C=O) groups is 3. The lowest BCUT2D eigenvalue weighted by Gasteiger charge is -2.17. The van der Waals surface area contributed by atoms with Gasteiger partial charge in [0.05, 0.1) is 24.5 Å². The Hall–Kier alpha value is -3.38. The van der Waals surface area contributed by atoms with Crippen molar-refractivity contribution in [3.63, 3.8) is 0 Å². The highest BCUT2D eigenvalue weighted by Gasteiger charge is 2.27. The fourth-order valence-corrected chi connectivity index (χ4v) is 5.59. The molecule has 38 heavy (non-hydrogen) atoms. The number of benzene rings is 1. The molecular formula is C26H32N4O6S2. The lowest BCUT2D eigenvalue weighted by molar-refractivity contribution is -0.113. The molecule has 1 N–H and O–H groups in total. The Kier molecular flexibility index (Phi) is 10.3. The van der Waals surface area contributed by atoms with Gasteiger partial charge in [0.25, 0.3) is 0 Å². The summed E-state index contributed by atoms with van der Waals surface area (Å²) in [5.41, 5.74) is 1.58. The molecule has 0 saturated carbocycles. The number of esters is 2. The number of amides is 1. The largest absolute Gasteiger partial charge is 0.482 e. The first kappa shape index (κ1) is 29.2. The SMILES string of the molecule is CCOC(=O)c1sc(NC(=O)CSc2nnc(C(C)Oc3ccccc3C)n2CC)c(C(=O)OCC)c1C. The van der Waals surface area contributed by atoms with E-state index in [0.29, 0.717) is 23.1 Å². The van der Waals surface area contributed by atoms with Crippen molar-refractivity contribution in [1.82, 2.24) is 14.8 Å². The molecule has 10 nitrogen and oxygen atoms in total. The summed E-state index contributed by atoms with van der Waals surface area (Å²) in [4.78, 5) is 38.1. The first-order valence-corrected chi connectivity index (χ1v) is 14.1. The summed E-state index contributed by atoms with van der Waals surface area (Å²) < 4.78 is 18.2. The van der Waals surface area contributed by atoms with Gasteiger partial charge in [-0.1, -0.05) is 30.0 Å². The molecule has 1 amide bonds. The number of ether oxygens (including phenoxy) is 3. The van der Waals surface area contributed by atoms with Crippen molar-refractivity contribution in [3.05, 3.63) is 51.7 Å². The van der Waals surface area contributed by atoms with E-state index in [9.17, 15) is 14.4 Å². The third-order valence-electron chi connectivity index (χ3n) is 5.50. The highest BCUT2D eigenvalue weighted by atomic mass is 32.2. The fraction of sp³-hybridized carbons (Fsp3) is 0.423. The van der Waals surface area contributed by atoms with Crippen LogP contribution in [0.2, 0.25) is 0 Å². The number of rotatable bonds is 12. The third-order valence-corrected chi connectivity index (χ3v) is 7.65. The van der Waals surface area contributed by atoms with E-state index in [1.54, 1.807) is 20.8 Å². The maximum absolute atomic E-state index is 12.9. The summed E-state index contributed by atoms with van der Waals surface area (Å²) in [6.45, 7) is 11.8. The smallest absolute Gasteiger partial charge is 0.348 e. The van der Waals surface area contributed by atoms with E-state index >= 15 is 0 Å². The number of aromatic nitrogens is 3. The number of anilines is 1. The molecule has 204 valence electrons. The second kappa shape index (κ2) is 13.4. The summed E-state index contributed by atoms with van der Waals surface area (Å²) in [6.07, 6.45) is -0.353. The number of hydrogen-bond donors (Lipinski definition) is 1. The number of thiophene rings is 1. The molecule has 3 rings (SSSR count). The van der Waals surface area contributed by atoms with Gasteiger partial charge in [-0.25, -0.2) is 9.59 Å². The molecule has 0 fully saturated rings. The van der Waals surface area contributed by atoms with E-state index in [4.69, 9.17) is 14.2 Å². The molecule has 2 heterocycles. The molecule has 0 aliphatic heterocycles. The lowest BCUT2D eigenvalue weighted by atomic mass is 10.1. The number of thioether (sulfide) groups is 1. The van der Waals surface area contributed by atoms with Crippen LogP contribution in [0.1, 0.15) is 70.8 Å². The molecule has 1 unspecified atom stereocenters. The minimum atomic E-state index is -0.613. The molecule has 0 radical (unpaired) electrons. The monoisotopic (exact) mass is 560 g/mol. The van der Waals surface area contributed by atoms with Crippen LogP contribution in [0.25, 0.3) is 0 Å². The summed E-state index contributed by atoms with van der Waals surface area (Å²) in [5.74, 6) is -0.104. The van der Waals surface area contributed by atoms with Gasteiger partial charge < -0.3 is 24.1 Å². The maximum atomic E-state index is 12.9. The standard InChI is InChI=1S/C26H32N4O6S2/c1-7-30-22(17(6)36-18-13-11-10-12-15(18)4)28-29-26(30)37-14-19(31)27-23-20(24(32)34-8-2)16(5)21(38-23)25(33)35-9-3/h10-13,17H,7-9,14H2,1-6H3,(H,27,31). The number of nitrogens with one attached hydrogen (secondary N) is 1. The van der Waals surface area contributed by atoms with Crippen LogP contribution in [0, 0.1) is 13.8 Å². The molecular weight excluding hydrogens is 528 g/mol. The molecule has 0 spiro atoms. The van der Waals surface area contributed by atoms with E-state index in [0.717, 1.165) is 22.6 Å². The number of para-hydroxylation sites is 1. The van der Waals surface area contributed by atoms with Crippen LogP contribution in [0.5, 0.6) is 5.75 Å². The summed E-state index contributed by atoms with van der Waals surface area (Å²) in [7, 11) is 0. The number of aryl methyl sites for hydroxylation is 1. The Labute approximate surface area is 230 Å². The molecule has 1 aromatic carbocycles. The second-order valence-electron chi connectivity index (χ2n) is 8.15. The van der Waals surface area contributed by atoms with Crippen molar-refractivity contribution in [3.8, 4) is 5.75 Å². The highest BCUT2D eigenvalue weighted by molar-refractivity contribution is 7.99. The number of hydrogen-bond acceptors (Lipinski definition) is 10. The van der Waals surface area contributed by atoms with Gasteiger partial charge in [-0.3, -0.25) is 4.79 Å². The Balaban J connectivity index is 1.73. The lowest BCUT2D eigenvalue weighted by Crippen LogP contribution is -2.17. The molecule has 12 heteroatoms. The minimum absolute atomic E-state index is 0.0130. The molecule has 1 atom stereocenters. The van der Waals surface area contributed by atoms with Crippen molar-refractivity contribution in [2.24, 2.45) is 0 Å². The Morgan fingerprint density at radius 1 is 1.05 bits per heavy atom. The minimum Gasteiger partial charge on any atom is -0.482 e. The Morgan fingerprint density at radius 2 is 1.74 bits per heavy atom. The van der Waals surface area contributed by atoms with E-state index in [1.807, 2.05) is 49.6 Å². The Morgan fingerprint density at radius 3 is 2.39 bits per heavy atom. The Bertz CT molecular complexity index is 1300. The van der Waals surface area contributed by atoms with Gasteiger partial charge in [-0.15, -0.1) is 21.5 Å². The molecule has 0 bridgehead atoms. The molecule has 2 aromatic heterocycles. The predicted octanol–water partition coefficient (Wildman–Crippen LogP) is 5.20. The van der Waals surface area contributed by atoms with Gasteiger partial charge in [0.2, 0.25) is 5.91 Å². The van der Waals surface area contributed by atoms with Crippen molar-refractivity contribution in [2.45, 2.75) is 59.3 Å². The van der Waals surface area contributed by atoms with Crippen molar-refractivity contribution in [1.29, 1.82) is 0 Å². The molecule has 0 aliphatic rings. The van der Waals surface area contributed by atoms with Crippen LogP contribution < -0.4 is 10.1 Å². The average molecular weight is 561 g/mol. The summed E-state index contributed by atoms with van der Waals surface area (Å²) in [6, 6.07) is 7.75. The first-order valence-electron chi connectivity index (χ1n) is 12.3. The highest BCUT2D eigenvalue weighted by Crippen LogP contribution is 2.35. The number of nitrogens with zero attached hydrogens (tertiary/aromatic N) is 3. The van der Waals surface area contributed by atoms with Gasteiger partial charge in [-0.05, 0) is 58.7 Å². The van der Waals surface area contributed by atoms with E-state index < -0.39 is 11.9 Å². The van der Waals surface area contributed by atoms with E-state index in [2.05, 4.69) is 15.5 Å². The quantitative estimate of drug-likeness (QED) is 0.235. The zero-order chi connectivity index (χ0) is 27.8. The van der Waals surface area contributed by atoms with Crippen LogP contribution in [-0.2, 0) is 20.8 Å². The second-order valence-corrected chi connectivity index (χ2v) is 10.1.